The van der Waals surface area contributed by atoms with E-state index in [-0.39, 0.29) is 5.60 Å². The molecule has 0 radical (unpaired) electrons. The van der Waals surface area contributed by atoms with Crippen LogP contribution in [0.25, 0.3) is 0 Å². The zero-order valence-electron chi connectivity index (χ0n) is 12.1. The molecule has 0 aromatic rings. The summed E-state index contributed by atoms with van der Waals surface area (Å²) in [6.07, 6.45) is 8.56. The molecule has 0 bridgehead atoms. The zero-order chi connectivity index (χ0) is 12.7. The third-order valence-electron chi connectivity index (χ3n) is 5.64. The van der Waals surface area contributed by atoms with E-state index in [0.29, 0.717) is 17.3 Å². The van der Waals surface area contributed by atoms with Gasteiger partial charge in [-0.25, -0.2) is 0 Å². The molecule has 2 saturated carbocycles. The minimum Gasteiger partial charge on any atom is -0.389 e. The summed E-state index contributed by atoms with van der Waals surface area (Å²) >= 11 is 0. The average Bonchev–Trinajstić information content (AvgIpc) is 2.25. The summed E-state index contributed by atoms with van der Waals surface area (Å²) in [6.45, 7) is 9.34. The molecule has 0 amide bonds. The molecule has 2 fully saturated rings. The minimum absolute atomic E-state index is 0.352. The van der Waals surface area contributed by atoms with Crippen LogP contribution in [-0.4, -0.2) is 10.7 Å². The molecule has 0 spiro atoms. The maximum atomic E-state index is 11.1. The van der Waals surface area contributed by atoms with Crippen molar-refractivity contribution in [3.8, 4) is 0 Å². The smallest absolute Gasteiger partial charge is 0.0701 e. The van der Waals surface area contributed by atoms with Crippen LogP contribution in [0.1, 0.15) is 72.6 Å². The van der Waals surface area contributed by atoms with Gasteiger partial charge in [0.05, 0.1) is 5.60 Å². The lowest BCUT2D eigenvalue weighted by molar-refractivity contribution is -0.123. The SMILES string of the molecule is CC1CCC(C2(O)CCC(C)(C)CC2C)CC1. The summed E-state index contributed by atoms with van der Waals surface area (Å²) in [6, 6.07) is 0. The highest BCUT2D eigenvalue weighted by Crippen LogP contribution is 2.50. The van der Waals surface area contributed by atoms with Crippen LogP contribution in [-0.2, 0) is 0 Å². The van der Waals surface area contributed by atoms with Crippen LogP contribution in [0, 0.1) is 23.2 Å². The van der Waals surface area contributed by atoms with Gasteiger partial charge in [0.15, 0.2) is 0 Å². The molecule has 2 rings (SSSR count). The van der Waals surface area contributed by atoms with Crippen LogP contribution < -0.4 is 0 Å². The maximum absolute atomic E-state index is 11.1. The summed E-state index contributed by atoms with van der Waals surface area (Å²) in [5, 5.41) is 11.1. The molecule has 0 aliphatic heterocycles. The Morgan fingerprint density at radius 3 is 2.06 bits per heavy atom. The minimum atomic E-state index is -0.352. The molecule has 2 atom stereocenters. The highest BCUT2D eigenvalue weighted by Gasteiger charge is 2.47. The first-order valence-corrected chi connectivity index (χ1v) is 7.56. The van der Waals surface area contributed by atoms with Gasteiger partial charge in [-0.2, -0.15) is 0 Å². The van der Waals surface area contributed by atoms with E-state index in [4.69, 9.17) is 0 Å². The van der Waals surface area contributed by atoms with E-state index in [0.717, 1.165) is 12.3 Å². The van der Waals surface area contributed by atoms with E-state index < -0.39 is 0 Å². The summed E-state index contributed by atoms with van der Waals surface area (Å²) in [5.41, 5.74) is 0.0866. The van der Waals surface area contributed by atoms with Crippen molar-refractivity contribution in [3.05, 3.63) is 0 Å². The van der Waals surface area contributed by atoms with Gasteiger partial charge in [-0.1, -0.05) is 40.5 Å². The van der Waals surface area contributed by atoms with Crippen molar-refractivity contribution in [2.45, 2.75) is 78.2 Å². The summed E-state index contributed by atoms with van der Waals surface area (Å²) in [5.74, 6) is 1.93. The lowest BCUT2D eigenvalue weighted by atomic mass is 9.59. The highest BCUT2D eigenvalue weighted by molar-refractivity contribution is 4.98. The predicted octanol–water partition coefficient (Wildman–Crippen LogP) is 4.39. The van der Waals surface area contributed by atoms with Gasteiger partial charge in [0, 0.05) is 0 Å². The lowest BCUT2D eigenvalue weighted by Crippen LogP contribution is -2.50. The van der Waals surface area contributed by atoms with Crippen molar-refractivity contribution in [1.29, 1.82) is 0 Å². The summed E-state index contributed by atoms with van der Waals surface area (Å²) < 4.78 is 0. The largest absolute Gasteiger partial charge is 0.389 e. The van der Waals surface area contributed by atoms with Gasteiger partial charge in [0.2, 0.25) is 0 Å². The van der Waals surface area contributed by atoms with E-state index in [1.165, 1.54) is 38.5 Å². The average molecular weight is 238 g/mol. The number of hydrogen-bond donors (Lipinski definition) is 1. The van der Waals surface area contributed by atoms with Gasteiger partial charge in [-0.3, -0.25) is 0 Å². The Hall–Kier alpha value is -0.0400. The Kier molecular flexibility index (Phi) is 3.60. The molecule has 2 unspecified atom stereocenters. The molecule has 2 aliphatic carbocycles. The fourth-order valence-electron chi connectivity index (χ4n) is 4.26. The van der Waals surface area contributed by atoms with Crippen LogP contribution in [0.2, 0.25) is 0 Å². The van der Waals surface area contributed by atoms with Crippen LogP contribution in [0.4, 0.5) is 0 Å². The molecule has 0 aromatic carbocycles. The van der Waals surface area contributed by atoms with Crippen LogP contribution in [0.5, 0.6) is 0 Å². The Balaban J connectivity index is 2.04. The van der Waals surface area contributed by atoms with Gasteiger partial charge in [0.1, 0.15) is 0 Å². The fraction of sp³-hybridized carbons (Fsp3) is 1.00. The van der Waals surface area contributed by atoms with Crippen molar-refractivity contribution in [3.63, 3.8) is 0 Å². The molecule has 1 nitrogen and oxygen atoms in total. The highest BCUT2D eigenvalue weighted by atomic mass is 16.3. The number of rotatable bonds is 1. The fourth-order valence-corrected chi connectivity index (χ4v) is 4.26. The number of aliphatic hydroxyl groups is 1. The number of hydrogen-bond acceptors (Lipinski definition) is 1. The molecule has 100 valence electrons. The van der Waals surface area contributed by atoms with E-state index in [1.54, 1.807) is 0 Å². The second kappa shape index (κ2) is 4.57. The molecular weight excluding hydrogens is 208 g/mol. The zero-order valence-corrected chi connectivity index (χ0v) is 12.1. The molecule has 2 aliphatic rings. The van der Waals surface area contributed by atoms with Gasteiger partial charge in [-0.15, -0.1) is 0 Å². The van der Waals surface area contributed by atoms with Gasteiger partial charge < -0.3 is 5.11 Å². The van der Waals surface area contributed by atoms with Gasteiger partial charge >= 0.3 is 0 Å². The topological polar surface area (TPSA) is 20.2 Å². The van der Waals surface area contributed by atoms with E-state index in [9.17, 15) is 5.11 Å². The summed E-state index contributed by atoms with van der Waals surface area (Å²) in [4.78, 5) is 0. The Morgan fingerprint density at radius 2 is 1.53 bits per heavy atom. The Morgan fingerprint density at radius 1 is 0.941 bits per heavy atom. The van der Waals surface area contributed by atoms with E-state index in [2.05, 4.69) is 27.7 Å². The van der Waals surface area contributed by atoms with Crippen molar-refractivity contribution in [2.75, 3.05) is 0 Å². The molecule has 1 heteroatoms. The molecule has 0 aromatic heterocycles. The third kappa shape index (κ3) is 2.70. The van der Waals surface area contributed by atoms with Crippen molar-refractivity contribution in [1.82, 2.24) is 0 Å². The van der Waals surface area contributed by atoms with Crippen LogP contribution >= 0.6 is 0 Å². The molecule has 1 N–H and O–H groups in total. The standard InChI is InChI=1S/C16H30O/c1-12-5-7-14(8-6-12)16(17)10-9-15(3,4)11-13(16)2/h12-14,17H,5-11H2,1-4H3. The van der Waals surface area contributed by atoms with Gasteiger partial charge in [0.25, 0.3) is 0 Å². The Bertz CT molecular complexity index is 263. The monoisotopic (exact) mass is 238 g/mol. The first-order valence-electron chi connectivity index (χ1n) is 7.56. The first kappa shape index (κ1) is 13.4. The van der Waals surface area contributed by atoms with Crippen molar-refractivity contribution >= 4 is 0 Å². The van der Waals surface area contributed by atoms with E-state index in [1.807, 2.05) is 0 Å². The van der Waals surface area contributed by atoms with Crippen LogP contribution in [0.15, 0.2) is 0 Å². The van der Waals surface area contributed by atoms with Gasteiger partial charge in [-0.05, 0) is 55.3 Å². The third-order valence-corrected chi connectivity index (χ3v) is 5.64. The second-order valence-corrected chi connectivity index (χ2v) is 7.72. The van der Waals surface area contributed by atoms with Crippen molar-refractivity contribution < 1.29 is 5.11 Å². The summed E-state index contributed by atoms with van der Waals surface area (Å²) in [7, 11) is 0. The molecule has 0 saturated heterocycles. The predicted molar refractivity (Wildman–Crippen MR) is 72.9 cm³/mol. The van der Waals surface area contributed by atoms with E-state index >= 15 is 0 Å². The quantitative estimate of drug-likeness (QED) is 0.718. The lowest BCUT2D eigenvalue weighted by Gasteiger charge is -2.50. The molecular formula is C16H30O. The normalized spacial score (nSPS) is 46.8. The van der Waals surface area contributed by atoms with Crippen LogP contribution in [0.3, 0.4) is 0 Å². The Labute approximate surface area is 107 Å². The molecule has 0 heterocycles. The molecule has 17 heavy (non-hydrogen) atoms. The maximum Gasteiger partial charge on any atom is 0.0701 e. The first-order chi connectivity index (χ1) is 7.83. The second-order valence-electron chi connectivity index (χ2n) is 7.72. The van der Waals surface area contributed by atoms with Crippen molar-refractivity contribution in [2.24, 2.45) is 23.2 Å².